The van der Waals surface area contributed by atoms with Crippen molar-refractivity contribution in [2.45, 2.75) is 0 Å². The smallest absolute Gasteiger partial charge is 0.259 e. The van der Waals surface area contributed by atoms with E-state index in [2.05, 4.69) is 6.07 Å². The van der Waals surface area contributed by atoms with Crippen molar-refractivity contribution in [1.82, 2.24) is 0 Å². The van der Waals surface area contributed by atoms with Crippen molar-refractivity contribution in [3.8, 4) is 23.5 Å². The summed E-state index contributed by atoms with van der Waals surface area (Å²) in [5, 5.41) is 17.8. The largest absolute Gasteiger partial charge is 0.457 e. The molecule has 0 saturated heterocycles. The van der Waals surface area contributed by atoms with Crippen LogP contribution in [0.15, 0.2) is 46.4 Å². The summed E-state index contributed by atoms with van der Waals surface area (Å²) < 4.78 is 5.51. The van der Waals surface area contributed by atoms with Gasteiger partial charge in [-0.05, 0) is 24.3 Å². The van der Waals surface area contributed by atoms with Gasteiger partial charge < -0.3 is 10.2 Å². The summed E-state index contributed by atoms with van der Waals surface area (Å²) in [7, 11) is 0. The maximum absolute atomic E-state index is 11.0. The lowest BCUT2D eigenvalue weighted by atomic mass is 10.1. The molecule has 1 amide bonds. The number of nitrogens with zero attached hydrogens (tertiary/aromatic N) is 2. The first-order valence-electron chi connectivity index (χ1n) is 5.66. The lowest BCUT2D eigenvalue weighted by Gasteiger charge is -1.98. The van der Waals surface area contributed by atoms with Crippen molar-refractivity contribution >= 4 is 12.0 Å². The Morgan fingerprint density at radius 2 is 1.95 bits per heavy atom. The van der Waals surface area contributed by atoms with E-state index in [0.29, 0.717) is 22.6 Å². The average molecular weight is 263 g/mol. The lowest BCUT2D eigenvalue weighted by molar-refractivity contribution is -0.114. The van der Waals surface area contributed by atoms with E-state index in [1.165, 1.54) is 6.08 Å². The van der Waals surface area contributed by atoms with Crippen LogP contribution in [0.1, 0.15) is 11.3 Å². The van der Waals surface area contributed by atoms with Crippen molar-refractivity contribution in [2.75, 3.05) is 0 Å². The Bertz CT molecular complexity index is 773. The third kappa shape index (κ3) is 2.58. The molecule has 1 heterocycles. The molecule has 2 N–H and O–H groups in total. The molecule has 0 atom stereocenters. The van der Waals surface area contributed by atoms with Crippen LogP contribution in [0.2, 0.25) is 0 Å². The van der Waals surface area contributed by atoms with Crippen molar-refractivity contribution < 1.29 is 9.21 Å². The van der Waals surface area contributed by atoms with E-state index >= 15 is 0 Å². The van der Waals surface area contributed by atoms with Crippen molar-refractivity contribution in [1.29, 1.82) is 10.5 Å². The van der Waals surface area contributed by atoms with E-state index in [1.54, 1.807) is 42.5 Å². The van der Waals surface area contributed by atoms with Gasteiger partial charge in [0.2, 0.25) is 0 Å². The SMILES string of the molecule is N#C/C(=C\c1ccc(-c2ccccc2C#N)o1)C(N)=O. The highest BCUT2D eigenvalue weighted by Crippen LogP contribution is 2.26. The number of hydrogen-bond donors (Lipinski definition) is 1. The van der Waals surface area contributed by atoms with Gasteiger partial charge in [0, 0.05) is 11.6 Å². The molecule has 5 nitrogen and oxygen atoms in total. The number of furan rings is 1. The molecule has 0 radical (unpaired) electrons. The Hall–Kier alpha value is -3.31. The van der Waals surface area contributed by atoms with Crippen LogP contribution in [-0.4, -0.2) is 5.91 Å². The summed E-state index contributed by atoms with van der Waals surface area (Å²) >= 11 is 0. The first-order chi connectivity index (χ1) is 9.65. The third-order valence-electron chi connectivity index (χ3n) is 2.61. The number of amides is 1. The number of benzene rings is 1. The molecule has 1 aromatic heterocycles. The molecule has 0 aliphatic heterocycles. The Kier molecular flexibility index (Phi) is 3.65. The summed E-state index contributed by atoms with van der Waals surface area (Å²) in [6.07, 6.45) is 1.26. The number of carbonyl (C=O) groups is 1. The highest BCUT2D eigenvalue weighted by atomic mass is 16.3. The van der Waals surface area contributed by atoms with E-state index in [9.17, 15) is 4.79 Å². The summed E-state index contributed by atoms with van der Waals surface area (Å²) in [5.74, 6) is -0.0128. The molecule has 0 aliphatic rings. The Labute approximate surface area is 115 Å². The number of rotatable bonds is 3. The lowest BCUT2D eigenvalue weighted by Crippen LogP contribution is -2.12. The topological polar surface area (TPSA) is 104 Å². The first-order valence-corrected chi connectivity index (χ1v) is 5.66. The first kappa shape index (κ1) is 13.1. The van der Waals surface area contributed by atoms with Gasteiger partial charge in [0.05, 0.1) is 11.6 Å². The zero-order chi connectivity index (χ0) is 14.5. The zero-order valence-corrected chi connectivity index (χ0v) is 10.3. The van der Waals surface area contributed by atoms with E-state index in [-0.39, 0.29) is 5.57 Å². The third-order valence-corrected chi connectivity index (χ3v) is 2.61. The molecule has 1 aromatic carbocycles. The number of primary amides is 1. The van der Waals surface area contributed by atoms with Crippen molar-refractivity contribution in [3.05, 3.63) is 53.3 Å². The van der Waals surface area contributed by atoms with Crippen molar-refractivity contribution in [3.63, 3.8) is 0 Å². The molecule has 0 saturated carbocycles. The van der Waals surface area contributed by atoms with Crippen LogP contribution in [0.3, 0.4) is 0 Å². The molecule has 0 fully saturated rings. The highest BCUT2D eigenvalue weighted by molar-refractivity contribution is 6.00. The minimum atomic E-state index is -0.817. The number of hydrogen-bond acceptors (Lipinski definition) is 4. The standard InChI is InChI=1S/C15H9N3O2/c16-8-10-3-1-2-4-13(10)14-6-5-12(20-14)7-11(9-17)15(18)19/h1-7H,(H2,18,19)/b11-7+. The van der Waals surface area contributed by atoms with Crippen LogP contribution in [0.4, 0.5) is 0 Å². The van der Waals surface area contributed by atoms with Gasteiger partial charge in [0.1, 0.15) is 23.2 Å². The fraction of sp³-hybridized carbons (Fsp3) is 0. The molecule has 20 heavy (non-hydrogen) atoms. The Balaban J connectivity index is 2.43. The van der Waals surface area contributed by atoms with Crippen LogP contribution in [0.5, 0.6) is 0 Å². The molecule has 2 aromatic rings. The van der Waals surface area contributed by atoms with Gasteiger partial charge in [-0.15, -0.1) is 0 Å². The summed E-state index contributed by atoms with van der Waals surface area (Å²) in [4.78, 5) is 11.0. The molecule has 0 aliphatic carbocycles. The minimum absolute atomic E-state index is 0.195. The van der Waals surface area contributed by atoms with E-state index < -0.39 is 5.91 Å². The number of nitriles is 2. The number of nitrogens with two attached hydrogens (primary N) is 1. The second kappa shape index (κ2) is 5.55. The molecular weight excluding hydrogens is 254 g/mol. The fourth-order valence-corrected chi connectivity index (χ4v) is 1.67. The fourth-order valence-electron chi connectivity index (χ4n) is 1.67. The van der Waals surface area contributed by atoms with Crippen LogP contribution in [-0.2, 0) is 4.79 Å². The van der Waals surface area contributed by atoms with Gasteiger partial charge in [-0.25, -0.2) is 0 Å². The molecule has 0 unspecified atom stereocenters. The molecule has 5 heteroatoms. The summed E-state index contributed by atoms with van der Waals surface area (Å²) in [6, 6.07) is 14.0. The van der Waals surface area contributed by atoms with E-state index in [4.69, 9.17) is 20.7 Å². The Morgan fingerprint density at radius 3 is 2.60 bits per heavy atom. The monoisotopic (exact) mass is 263 g/mol. The predicted octanol–water partition coefficient (Wildman–Crippen LogP) is 2.21. The maximum Gasteiger partial charge on any atom is 0.259 e. The van der Waals surface area contributed by atoms with Crippen LogP contribution >= 0.6 is 0 Å². The van der Waals surface area contributed by atoms with Gasteiger partial charge >= 0.3 is 0 Å². The molecule has 96 valence electrons. The summed E-state index contributed by atoms with van der Waals surface area (Å²) in [6.45, 7) is 0. The van der Waals surface area contributed by atoms with Crippen LogP contribution in [0, 0.1) is 22.7 Å². The molecule has 0 spiro atoms. The molecular formula is C15H9N3O2. The normalized spacial score (nSPS) is 10.6. The minimum Gasteiger partial charge on any atom is -0.457 e. The second-order valence-corrected chi connectivity index (χ2v) is 3.89. The zero-order valence-electron chi connectivity index (χ0n) is 10.3. The van der Waals surface area contributed by atoms with E-state index in [0.717, 1.165) is 0 Å². The molecule has 2 rings (SSSR count). The van der Waals surface area contributed by atoms with Crippen LogP contribution < -0.4 is 5.73 Å². The van der Waals surface area contributed by atoms with Crippen LogP contribution in [0.25, 0.3) is 17.4 Å². The van der Waals surface area contributed by atoms with Gasteiger partial charge in [-0.1, -0.05) is 12.1 Å². The van der Waals surface area contributed by atoms with E-state index in [1.807, 2.05) is 0 Å². The quantitative estimate of drug-likeness (QED) is 0.677. The maximum atomic E-state index is 11.0. The second-order valence-electron chi connectivity index (χ2n) is 3.89. The van der Waals surface area contributed by atoms with Gasteiger partial charge in [0.25, 0.3) is 5.91 Å². The average Bonchev–Trinajstić information content (AvgIpc) is 2.92. The molecule has 0 bridgehead atoms. The van der Waals surface area contributed by atoms with Gasteiger partial charge in [-0.3, -0.25) is 4.79 Å². The predicted molar refractivity (Wildman–Crippen MR) is 71.6 cm³/mol. The van der Waals surface area contributed by atoms with Crippen molar-refractivity contribution in [2.24, 2.45) is 5.73 Å². The van der Waals surface area contributed by atoms with Gasteiger partial charge in [-0.2, -0.15) is 10.5 Å². The Morgan fingerprint density at radius 1 is 1.20 bits per heavy atom. The number of carbonyl (C=O) groups excluding carboxylic acids is 1. The summed E-state index contributed by atoms with van der Waals surface area (Å²) in [5.41, 5.74) is 5.97. The van der Waals surface area contributed by atoms with Gasteiger partial charge in [0.15, 0.2) is 0 Å². The highest BCUT2D eigenvalue weighted by Gasteiger charge is 2.10.